The van der Waals surface area contributed by atoms with Crippen LogP contribution in [0.15, 0.2) is 24.3 Å². The highest BCUT2D eigenvalue weighted by Gasteiger charge is 2.30. The maximum absolute atomic E-state index is 11.8. The first kappa shape index (κ1) is 16.4. The molecule has 0 saturated heterocycles. The summed E-state index contributed by atoms with van der Waals surface area (Å²) in [5, 5.41) is 21.6. The van der Waals surface area contributed by atoms with E-state index in [-0.39, 0.29) is 18.0 Å². The normalized spacial score (nSPS) is 10.8. The second-order valence-electron chi connectivity index (χ2n) is 4.97. The average Bonchev–Trinajstić information content (AvgIpc) is 2.42. The fraction of sp³-hybridized carbons (Fsp3) is 0.385. The van der Waals surface area contributed by atoms with Crippen LogP contribution in [-0.4, -0.2) is 35.1 Å². The molecular weight excluding hydrogens is 280 g/mol. The molecule has 0 atom stereocenters. The van der Waals surface area contributed by atoms with E-state index < -0.39 is 28.8 Å². The minimum Gasteiger partial charge on any atom is -0.486 e. The van der Waals surface area contributed by atoms with Crippen LogP contribution < -0.4 is 10.1 Å². The van der Waals surface area contributed by atoms with Gasteiger partial charge in [0.25, 0.3) is 0 Å². The number of aliphatic carboxylic acids is 1. The zero-order valence-corrected chi connectivity index (χ0v) is 11.7. The Labute approximate surface area is 120 Å². The van der Waals surface area contributed by atoms with Gasteiger partial charge in [0.2, 0.25) is 5.91 Å². The molecule has 1 aromatic rings. The van der Waals surface area contributed by atoms with E-state index in [9.17, 15) is 19.7 Å². The predicted molar refractivity (Wildman–Crippen MR) is 73.0 cm³/mol. The van der Waals surface area contributed by atoms with Crippen molar-refractivity contribution in [2.24, 2.45) is 5.41 Å². The molecule has 0 aliphatic carbocycles. The molecule has 1 rings (SSSR count). The third-order valence-electron chi connectivity index (χ3n) is 2.67. The number of carboxylic acids is 1. The lowest BCUT2D eigenvalue weighted by Gasteiger charge is -2.23. The molecule has 21 heavy (non-hydrogen) atoms. The van der Waals surface area contributed by atoms with Crippen molar-refractivity contribution in [1.29, 1.82) is 0 Å². The predicted octanol–water partition coefficient (Wildman–Crippen LogP) is 1.20. The maximum Gasteiger partial charge on any atom is 0.322 e. The van der Waals surface area contributed by atoms with Crippen molar-refractivity contribution in [3.8, 4) is 5.75 Å². The molecule has 8 nitrogen and oxygen atoms in total. The Morgan fingerprint density at radius 1 is 1.38 bits per heavy atom. The number of carbonyl (C=O) groups is 2. The molecule has 0 fully saturated rings. The van der Waals surface area contributed by atoms with Crippen molar-refractivity contribution in [2.45, 2.75) is 13.8 Å². The van der Waals surface area contributed by atoms with Gasteiger partial charge in [-0.3, -0.25) is 19.7 Å². The van der Waals surface area contributed by atoms with Crippen LogP contribution in [0.4, 0.5) is 5.69 Å². The van der Waals surface area contributed by atoms with E-state index in [4.69, 9.17) is 9.84 Å². The van der Waals surface area contributed by atoms with Gasteiger partial charge >= 0.3 is 11.7 Å². The number of nitrogens with one attached hydrogen (secondary N) is 1. The Hall–Kier alpha value is -2.64. The summed E-state index contributed by atoms with van der Waals surface area (Å²) < 4.78 is 5.34. The summed E-state index contributed by atoms with van der Waals surface area (Å²) in [6.07, 6.45) is 0. The molecule has 0 spiro atoms. The fourth-order valence-corrected chi connectivity index (χ4v) is 1.45. The molecule has 0 saturated carbocycles. The van der Waals surface area contributed by atoms with Gasteiger partial charge in [0.05, 0.1) is 10.3 Å². The molecule has 0 aromatic heterocycles. The summed E-state index contributed by atoms with van der Waals surface area (Å²) in [6.45, 7) is 2.50. The van der Waals surface area contributed by atoms with Crippen LogP contribution in [0, 0.1) is 15.5 Å². The van der Waals surface area contributed by atoms with E-state index >= 15 is 0 Å². The number of nitrogens with zero attached hydrogens (tertiary/aromatic N) is 1. The number of nitro benzene ring substituents is 1. The van der Waals surface area contributed by atoms with Gasteiger partial charge in [0.1, 0.15) is 13.2 Å². The van der Waals surface area contributed by atoms with Gasteiger partial charge in [0, 0.05) is 6.07 Å². The van der Waals surface area contributed by atoms with Gasteiger partial charge in [-0.25, -0.2) is 0 Å². The lowest BCUT2D eigenvalue weighted by Crippen LogP contribution is -2.42. The van der Waals surface area contributed by atoms with Crippen molar-refractivity contribution in [2.75, 3.05) is 13.2 Å². The molecule has 114 valence electrons. The first-order valence-corrected chi connectivity index (χ1v) is 6.10. The van der Waals surface area contributed by atoms with Crippen molar-refractivity contribution in [3.05, 3.63) is 34.4 Å². The van der Waals surface area contributed by atoms with E-state index in [1.54, 1.807) is 19.9 Å². The van der Waals surface area contributed by atoms with Crippen molar-refractivity contribution < 1.29 is 24.4 Å². The van der Waals surface area contributed by atoms with Crippen LogP contribution in [0.3, 0.4) is 0 Å². The number of rotatable bonds is 7. The lowest BCUT2D eigenvalue weighted by molar-refractivity contribution is -0.385. The molecule has 1 aromatic carbocycles. The number of nitro groups is 1. The highest BCUT2D eigenvalue weighted by Crippen LogP contribution is 2.28. The Morgan fingerprint density at radius 2 is 2.00 bits per heavy atom. The van der Waals surface area contributed by atoms with Crippen LogP contribution in [0.25, 0.3) is 0 Å². The number of ether oxygens (including phenoxy) is 1. The second-order valence-corrected chi connectivity index (χ2v) is 4.97. The molecule has 0 heterocycles. The summed E-state index contributed by atoms with van der Waals surface area (Å²) in [4.78, 5) is 32.5. The Bertz CT molecular complexity index is 555. The van der Waals surface area contributed by atoms with Crippen LogP contribution in [0.5, 0.6) is 5.75 Å². The van der Waals surface area contributed by atoms with Crippen LogP contribution in [0.2, 0.25) is 0 Å². The second kappa shape index (κ2) is 6.69. The summed E-state index contributed by atoms with van der Waals surface area (Å²) in [6, 6.07) is 5.83. The first-order valence-electron chi connectivity index (χ1n) is 6.10. The first-order chi connectivity index (χ1) is 9.74. The molecule has 0 unspecified atom stereocenters. The van der Waals surface area contributed by atoms with Gasteiger partial charge in [-0.15, -0.1) is 0 Å². The molecule has 0 aliphatic heterocycles. The fourth-order valence-electron chi connectivity index (χ4n) is 1.45. The number of carbonyl (C=O) groups excluding carboxylic acids is 1. The highest BCUT2D eigenvalue weighted by atomic mass is 16.6. The van der Waals surface area contributed by atoms with E-state index in [2.05, 4.69) is 5.32 Å². The van der Waals surface area contributed by atoms with E-state index in [0.717, 1.165) is 0 Å². The van der Waals surface area contributed by atoms with Crippen molar-refractivity contribution >= 4 is 17.6 Å². The molecule has 0 radical (unpaired) electrons. The number of para-hydroxylation sites is 2. The van der Waals surface area contributed by atoms with Crippen LogP contribution in [-0.2, 0) is 9.59 Å². The molecule has 0 bridgehead atoms. The summed E-state index contributed by atoms with van der Waals surface area (Å²) in [5.74, 6) is -1.61. The Balaban J connectivity index is 2.71. The van der Waals surface area contributed by atoms with Crippen LogP contribution in [0.1, 0.15) is 13.8 Å². The van der Waals surface area contributed by atoms with Gasteiger partial charge in [-0.05, 0) is 19.9 Å². The molecule has 1 amide bonds. The van der Waals surface area contributed by atoms with E-state index in [0.29, 0.717) is 0 Å². The number of hydrogen-bond acceptors (Lipinski definition) is 5. The number of hydrogen-bond donors (Lipinski definition) is 2. The van der Waals surface area contributed by atoms with Gasteiger partial charge in [0.15, 0.2) is 5.75 Å². The lowest BCUT2D eigenvalue weighted by atomic mass is 9.93. The summed E-state index contributed by atoms with van der Waals surface area (Å²) >= 11 is 0. The Kier molecular flexibility index (Phi) is 5.23. The van der Waals surface area contributed by atoms with Gasteiger partial charge in [-0.1, -0.05) is 12.1 Å². The van der Waals surface area contributed by atoms with Gasteiger partial charge < -0.3 is 15.2 Å². The SMILES string of the molecule is CC(C)(COc1ccccc1[N+](=O)[O-])C(=O)NCC(=O)O. The highest BCUT2D eigenvalue weighted by molar-refractivity contribution is 5.85. The largest absolute Gasteiger partial charge is 0.486 e. The third-order valence-corrected chi connectivity index (χ3v) is 2.67. The van der Waals surface area contributed by atoms with E-state index in [1.807, 2.05) is 0 Å². The molecule has 0 aliphatic rings. The quantitative estimate of drug-likeness (QED) is 0.576. The maximum atomic E-state index is 11.8. The third kappa shape index (κ3) is 4.75. The minimum absolute atomic E-state index is 0.0570. The van der Waals surface area contributed by atoms with E-state index in [1.165, 1.54) is 18.2 Å². The van der Waals surface area contributed by atoms with Crippen molar-refractivity contribution in [1.82, 2.24) is 5.32 Å². The smallest absolute Gasteiger partial charge is 0.322 e. The molecular formula is C13H16N2O6. The zero-order valence-electron chi connectivity index (χ0n) is 11.7. The number of carboxylic acid groups (broad SMARTS) is 1. The number of benzene rings is 1. The molecule has 8 heteroatoms. The standard InChI is InChI=1S/C13H16N2O6/c1-13(2,12(18)14-7-11(16)17)8-21-10-6-4-3-5-9(10)15(19)20/h3-6H,7-8H2,1-2H3,(H,14,18)(H,16,17). The molecule has 2 N–H and O–H groups in total. The zero-order chi connectivity index (χ0) is 16.0. The van der Waals surface area contributed by atoms with Crippen LogP contribution >= 0.6 is 0 Å². The van der Waals surface area contributed by atoms with Gasteiger partial charge in [-0.2, -0.15) is 0 Å². The Morgan fingerprint density at radius 3 is 2.57 bits per heavy atom. The van der Waals surface area contributed by atoms with Crippen molar-refractivity contribution in [3.63, 3.8) is 0 Å². The number of amides is 1. The topological polar surface area (TPSA) is 119 Å². The average molecular weight is 296 g/mol. The summed E-state index contributed by atoms with van der Waals surface area (Å²) in [7, 11) is 0. The monoisotopic (exact) mass is 296 g/mol. The summed E-state index contributed by atoms with van der Waals surface area (Å²) in [5.41, 5.74) is -1.22. The minimum atomic E-state index is -1.15.